The molecular weight excluding hydrogens is 388 g/mol. The van der Waals surface area contributed by atoms with E-state index in [1.165, 1.54) is 42.5 Å². The lowest BCUT2D eigenvalue weighted by molar-refractivity contribution is -0.152. The van der Waals surface area contributed by atoms with Crippen LogP contribution in [0.3, 0.4) is 0 Å². The predicted octanol–water partition coefficient (Wildman–Crippen LogP) is 2.55. The number of carbonyl (C=O) groups is 2. The van der Waals surface area contributed by atoms with Crippen molar-refractivity contribution in [2.75, 3.05) is 5.32 Å². The third kappa shape index (κ3) is 6.46. The Morgan fingerprint density at radius 1 is 1.11 bits per heavy atom. The standard InChI is InChI=1S/C18H22N2O5S2/c1-12(2)20-27(23,24)16-8-6-14(7-9-16)19-18(22)13(3)25-17(21)11-15-5-4-10-26-15/h4-10,12-13,20H,11H2,1-3H3,(H,19,22)/t13-/m0/s1. The summed E-state index contributed by atoms with van der Waals surface area (Å²) in [4.78, 5) is 25.0. The third-order valence-electron chi connectivity index (χ3n) is 3.40. The Morgan fingerprint density at radius 2 is 1.78 bits per heavy atom. The molecule has 0 unspecified atom stereocenters. The topological polar surface area (TPSA) is 102 Å². The van der Waals surface area contributed by atoms with E-state index >= 15 is 0 Å². The molecule has 1 amide bonds. The van der Waals surface area contributed by atoms with Crippen molar-refractivity contribution in [2.45, 2.75) is 44.2 Å². The molecule has 1 aromatic heterocycles. The molecule has 0 fully saturated rings. The highest BCUT2D eigenvalue weighted by molar-refractivity contribution is 7.89. The van der Waals surface area contributed by atoms with Gasteiger partial charge in [0, 0.05) is 16.6 Å². The molecule has 2 aromatic rings. The molecule has 0 saturated heterocycles. The van der Waals surface area contributed by atoms with Crippen LogP contribution in [0.2, 0.25) is 0 Å². The van der Waals surface area contributed by atoms with Gasteiger partial charge < -0.3 is 10.1 Å². The van der Waals surface area contributed by atoms with Crippen molar-refractivity contribution in [3.8, 4) is 0 Å². The van der Waals surface area contributed by atoms with Crippen LogP contribution in [0.1, 0.15) is 25.6 Å². The number of thiophene rings is 1. The van der Waals surface area contributed by atoms with E-state index in [1.807, 2.05) is 17.5 Å². The van der Waals surface area contributed by atoms with Crippen molar-refractivity contribution in [2.24, 2.45) is 0 Å². The van der Waals surface area contributed by atoms with Crippen molar-refractivity contribution < 1.29 is 22.7 Å². The smallest absolute Gasteiger partial charge is 0.311 e. The van der Waals surface area contributed by atoms with Crippen LogP contribution >= 0.6 is 11.3 Å². The molecule has 146 valence electrons. The number of hydrogen-bond acceptors (Lipinski definition) is 6. The van der Waals surface area contributed by atoms with Gasteiger partial charge in [-0.1, -0.05) is 6.07 Å². The summed E-state index contributed by atoms with van der Waals surface area (Å²) in [5.74, 6) is -0.980. The van der Waals surface area contributed by atoms with Crippen LogP contribution in [0.5, 0.6) is 0 Å². The largest absolute Gasteiger partial charge is 0.452 e. The van der Waals surface area contributed by atoms with Gasteiger partial charge in [-0.25, -0.2) is 13.1 Å². The molecule has 0 aliphatic carbocycles. The molecular formula is C18H22N2O5S2. The van der Waals surface area contributed by atoms with Gasteiger partial charge in [0.05, 0.1) is 11.3 Å². The molecule has 0 spiro atoms. The van der Waals surface area contributed by atoms with Gasteiger partial charge in [-0.3, -0.25) is 9.59 Å². The molecule has 2 rings (SSSR count). The summed E-state index contributed by atoms with van der Waals surface area (Å²) in [6.07, 6.45) is -0.853. The van der Waals surface area contributed by atoms with E-state index in [0.717, 1.165) is 4.88 Å². The first-order valence-electron chi connectivity index (χ1n) is 8.32. The average Bonchev–Trinajstić information content (AvgIpc) is 3.06. The number of anilines is 1. The van der Waals surface area contributed by atoms with E-state index in [4.69, 9.17) is 4.74 Å². The second-order valence-corrected chi connectivity index (χ2v) is 8.92. The molecule has 0 saturated carbocycles. The van der Waals surface area contributed by atoms with Crippen LogP contribution < -0.4 is 10.0 Å². The molecule has 7 nitrogen and oxygen atoms in total. The summed E-state index contributed by atoms with van der Waals surface area (Å²) >= 11 is 1.44. The van der Waals surface area contributed by atoms with Crippen molar-refractivity contribution in [3.05, 3.63) is 46.7 Å². The quantitative estimate of drug-likeness (QED) is 0.651. The van der Waals surface area contributed by atoms with Crippen LogP contribution in [0.15, 0.2) is 46.7 Å². The Bertz CT molecular complexity index is 875. The van der Waals surface area contributed by atoms with Gasteiger partial charge in [0.2, 0.25) is 10.0 Å². The zero-order valence-electron chi connectivity index (χ0n) is 15.3. The van der Waals surface area contributed by atoms with E-state index in [1.54, 1.807) is 13.8 Å². The summed E-state index contributed by atoms with van der Waals surface area (Å²) in [7, 11) is -3.59. The first-order chi connectivity index (χ1) is 12.7. The lowest BCUT2D eigenvalue weighted by atomic mass is 10.3. The van der Waals surface area contributed by atoms with Gasteiger partial charge in [-0.2, -0.15) is 0 Å². The normalized spacial score (nSPS) is 12.6. The first-order valence-corrected chi connectivity index (χ1v) is 10.7. The summed E-state index contributed by atoms with van der Waals surface area (Å²) in [5, 5.41) is 4.46. The first kappa shape index (κ1) is 21.1. The highest BCUT2D eigenvalue weighted by Gasteiger charge is 2.19. The Morgan fingerprint density at radius 3 is 2.33 bits per heavy atom. The Hall–Kier alpha value is -2.23. The number of carbonyl (C=O) groups excluding carboxylic acids is 2. The molecule has 1 atom stereocenters. The van der Waals surface area contributed by atoms with Crippen LogP contribution in [0, 0.1) is 0 Å². The molecule has 0 radical (unpaired) electrons. The van der Waals surface area contributed by atoms with E-state index < -0.39 is 28.0 Å². The van der Waals surface area contributed by atoms with Crippen LogP contribution in [0.4, 0.5) is 5.69 Å². The van der Waals surface area contributed by atoms with Crippen molar-refractivity contribution >= 4 is 38.9 Å². The summed E-state index contributed by atoms with van der Waals surface area (Å²) < 4.78 is 31.8. The van der Waals surface area contributed by atoms with E-state index in [2.05, 4.69) is 10.0 Å². The fourth-order valence-corrected chi connectivity index (χ4v) is 4.13. The Balaban J connectivity index is 1.92. The van der Waals surface area contributed by atoms with Gasteiger partial charge in [-0.15, -0.1) is 11.3 Å². The number of amides is 1. The zero-order valence-corrected chi connectivity index (χ0v) is 16.9. The minimum atomic E-state index is -3.59. The molecule has 1 heterocycles. The molecule has 0 bridgehead atoms. The third-order valence-corrected chi connectivity index (χ3v) is 5.95. The summed E-state index contributed by atoms with van der Waals surface area (Å²) in [6, 6.07) is 9.19. The highest BCUT2D eigenvalue weighted by atomic mass is 32.2. The number of esters is 1. The maximum Gasteiger partial charge on any atom is 0.311 e. The molecule has 9 heteroatoms. The average molecular weight is 411 g/mol. The fraction of sp³-hybridized carbons (Fsp3) is 0.333. The predicted molar refractivity (Wildman–Crippen MR) is 104 cm³/mol. The lowest BCUT2D eigenvalue weighted by Crippen LogP contribution is -2.31. The van der Waals surface area contributed by atoms with Gasteiger partial charge >= 0.3 is 5.97 Å². The van der Waals surface area contributed by atoms with Crippen molar-refractivity contribution in [1.29, 1.82) is 0 Å². The van der Waals surface area contributed by atoms with Gasteiger partial charge in [0.25, 0.3) is 5.91 Å². The second kappa shape index (κ2) is 9.12. The number of sulfonamides is 1. The SMILES string of the molecule is CC(C)NS(=O)(=O)c1ccc(NC(=O)[C@H](C)OC(=O)Cc2cccs2)cc1. The number of nitrogens with one attached hydrogen (secondary N) is 2. The van der Waals surface area contributed by atoms with Crippen LogP contribution in [-0.4, -0.2) is 32.4 Å². The fourth-order valence-electron chi connectivity index (χ4n) is 2.19. The Labute approximate surface area is 162 Å². The molecule has 0 aliphatic heterocycles. The highest BCUT2D eigenvalue weighted by Crippen LogP contribution is 2.15. The minimum absolute atomic E-state index is 0.102. The summed E-state index contributed by atoms with van der Waals surface area (Å²) in [6.45, 7) is 4.94. The molecule has 0 aliphatic rings. The van der Waals surface area contributed by atoms with E-state index in [-0.39, 0.29) is 17.4 Å². The minimum Gasteiger partial charge on any atom is -0.452 e. The van der Waals surface area contributed by atoms with Gasteiger partial charge in [0.15, 0.2) is 6.10 Å². The van der Waals surface area contributed by atoms with Gasteiger partial charge in [-0.05, 0) is 56.5 Å². The van der Waals surface area contributed by atoms with Crippen molar-refractivity contribution in [1.82, 2.24) is 4.72 Å². The zero-order chi connectivity index (χ0) is 20.0. The maximum absolute atomic E-state index is 12.2. The lowest BCUT2D eigenvalue weighted by Gasteiger charge is -2.14. The monoisotopic (exact) mass is 410 g/mol. The summed E-state index contributed by atoms with van der Waals surface area (Å²) in [5.41, 5.74) is 0.407. The molecule has 27 heavy (non-hydrogen) atoms. The molecule has 2 N–H and O–H groups in total. The van der Waals surface area contributed by atoms with Crippen LogP contribution in [0.25, 0.3) is 0 Å². The van der Waals surface area contributed by atoms with Crippen LogP contribution in [-0.2, 0) is 30.8 Å². The van der Waals surface area contributed by atoms with E-state index in [9.17, 15) is 18.0 Å². The van der Waals surface area contributed by atoms with Gasteiger partial charge in [0.1, 0.15) is 0 Å². The van der Waals surface area contributed by atoms with E-state index in [0.29, 0.717) is 5.69 Å². The number of benzene rings is 1. The Kier molecular flexibility index (Phi) is 7.11. The molecule has 1 aromatic carbocycles. The number of ether oxygens (including phenoxy) is 1. The number of rotatable bonds is 8. The second-order valence-electron chi connectivity index (χ2n) is 6.18. The maximum atomic E-state index is 12.2. The van der Waals surface area contributed by atoms with Crippen molar-refractivity contribution in [3.63, 3.8) is 0 Å². The number of hydrogen-bond donors (Lipinski definition) is 2.